The van der Waals surface area contributed by atoms with Gasteiger partial charge in [0.25, 0.3) is 0 Å². The molecule has 0 spiro atoms. The number of halogens is 1. The predicted molar refractivity (Wildman–Crippen MR) is 113 cm³/mol. The minimum Gasteiger partial charge on any atom is -0.465 e. The van der Waals surface area contributed by atoms with Gasteiger partial charge >= 0.3 is 5.97 Å². The van der Waals surface area contributed by atoms with Gasteiger partial charge < -0.3 is 4.74 Å². The highest BCUT2D eigenvalue weighted by Crippen LogP contribution is 2.35. The Hall–Kier alpha value is -0.800. The van der Waals surface area contributed by atoms with Gasteiger partial charge in [0.2, 0.25) is 0 Å². The van der Waals surface area contributed by atoms with Crippen molar-refractivity contribution in [1.82, 2.24) is 0 Å². The predicted octanol–water partition coefficient (Wildman–Crippen LogP) is 7.11. The van der Waals surface area contributed by atoms with Crippen molar-refractivity contribution in [1.29, 1.82) is 0 Å². The van der Waals surface area contributed by atoms with Crippen LogP contribution in [0.25, 0.3) is 0 Å². The van der Waals surface area contributed by atoms with E-state index < -0.39 is 0 Å². The number of carbonyl (C=O) groups excluding carboxylic acids is 1. The number of hydrogen-bond acceptors (Lipinski definition) is 3. The molecular formula is C22H33ClO2S. The van der Waals surface area contributed by atoms with Gasteiger partial charge in [0, 0.05) is 10.3 Å². The van der Waals surface area contributed by atoms with Crippen molar-refractivity contribution in [3.05, 3.63) is 33.5 Å². The van der Waals surface area contributed by atoms with E-state index in [2.05, 4.69) is 32.1 Å². The number of ether oxygens (including phenoxy) is 1. The summed E-state index contributed by atoms with van der Waals surface area (Å²) < 4.78 is 5.02. The lowest BCUT2D eigenvalue weighted by Crippen LogP contribution is -2.06. The first kappa shape index (κ1) is 21.5. The van der Waals surface area contributed by atoms with Crippen LogP contribution in [0.5, 0.6) is 0 Å². The van der Waals surface area contributed by atoms with Crippen LogP contribution < -0.4 is 0 Å². The summed E-state index contributed by atoms with van der Waals surface area (Å²) in [5.41, 5.74) is 1.21. The van der Waals surface area contributed by atoms with Gasteiger partial charge in [-0.2, -0.15) is 0 Å². The fourth-order valence-electron chi connectivity index (χ4n) is 3.87. The molecule has 1 aromatic rings. The van der Waals surface area contributed by atoms with E-state index in [4.69, 9.17) is 16.3 Å². The molecule has 0 amide bonds. The molecule has 0 N–H and O–H groups in total. The van der Waals surface area contributed by atoms with Gasteiger partial charge in [0.1, 0.15) is 4.88 Å². The van der Waals surface area contributed by atoms with Crippen molar-refractivity contribution in [3.63, 3.8) is 0 Å². The number of hydrogen-bond donors (Lipinski definition) is 0. The van der Waals surface area contributed by atoms with Crippen LogP contribution in [0.1, 0.15) is 91.2 Å². The van der Waals surface area contributed by atoms with E-state index in [1.807, 2.05) is 0 Å². The number of aryl methyl sites for hydroxylation is 1. The van der Waals surface area contributed by atoms with Crippen molar-refractivity contribution in [3.8, 4) is 0 Å². The van der Waals surface area contributed by atoms with Crippen LogP contribution in [-0.2, 0) is 11.2 Å². The highest BCUT2D eigenvalue weighted by atomic mass is 35.5. The SMILES string of the molecule is CCCc1cc(C(CC)CCC/C=C/[C@H]2CC[C@@H](Cl)C2)c(C(=O)OC)s1. The van der Waals surface area contributed by atoms with Gasteiger partial charge in [-0.1, -0.05) is 32.4 Å². The Kier molecular flexibility index (Phi) is 9.21. The van der Waals surface area contributed by atoms with Crippen LogP contribution in [0.3, 0.4) is 0 Å². The molecule has 4 heteroatoms. The molecule has 1 unspecified atom stereocenters. The van der Waals surface area contributed by atoms with Gasteiger partial charge in [-0.15, -0.1) is 22.9 Å². The summed E-state index contributed by atoms with van der Waals surface area (Å²) in [4.78, 5) is 14.3. The molecule has 146 valence electrons. The van der Waals surface area contributed by atoms with E-state index in [9.17, 15) is 4.79 Å². The molecular weight excluding hydrogens is 364 g/mol. The van der Waals surface area contributed by atoms with E-state index in [1.165, 1.54) is 24.0 Å². The second-order valence-electron chi connectivity index (χ2n) is 7.37. The van der Waals surface area contributed by atoms with Gasteiger partial charge in [0.15, 0.2) is 0 Å². The summed E-state index contributed by atoms with van der Waals surface area (Å²) in [6, 6.07) is 2.25. The topological polar surface area (TPSA) is 26.3 Å². The zero-order valence-electron chi connectivity index (χ0n) is 16.4. The molecule has 26 heavy (non-hydrogen) atoms. The normalized spacial score (nSPS) is 21.4. The van der Waals surface area contributed by atoms with E-state index in [0.717, 1.165) is 56.2 Å². The summed E-state index contributed by atoms with van der Waals surface area (Å²) >= 11 is 7.80. The smallest absolute Gasteiger partial charge is 0.348 e. The lowest BCUT2D eigenvalue weighted by Gasteiger charge is -2.15. The maximum Gasteiger partial charge on any atom is 0.348 e. The summed E-state index contributed by atoms with van der Waals surface area (Å²) in [6.45, 7) is 4.40. The fourth-order valence-corrected chi connectivity index (χ4v) is 5.49. The zero-order valence-corrected chi connectivity index (χ0v) is 18.0. The second-order valence-corrected chi connectivity index (χ2v) is 9.13. The molecule has 3 atom stereocenters. The van der Waals surface area contributed by atoms with Crippen LogP contribution in [-0.4, -0.2) is 18.5 Å². The number of thiophene rings is 1. The molecule has 0 bridgehead atoms. The van der Waals surface area contributed by atoms with E-state index in [0.29, 0.717) is 17.2 Å². The first-order valence-electron chi connectivity index (χ1n) is 10.1. The van der Waals surface area contributed by atoms with Crippen LogP contribution in [0, 0.1) is 5.92 Å². The molecule has 1 aromatic heterocycles. The summed E-state index contributed by atoms with van der Waals surface area (Å²) in [5, 5.41) is 0.377. The monoisotopic (exact) mass is 396 g/mol. The van der Waals surface area contributed by atoms with Gasteiger partial charge in [-0.25, -0.2) is 4.79 Å². The Morgan fingerprint density at radius 3 is 2.85 bits per heavy atom. The first-order chi connectivity index (χ1) is 12.6. The molecule has 1 aliphatic rings. The van der Waals surface area contributed by atoms with Crippen molar-refractivity contribution >= 4 is 28.9 Å². The summed E-state index contributed by atoms with van der Waals surface area (Å²) in [7, 11) is 1.48. The minimum atomic E-state index is -0.178. The van der Waals surface area contributed by atoms with Gasteiger partial charge in [-0.3, -0.25) is 0 Å². The van der Waals surface area contributed by atoms with Crippen LogP contribution >= 0.6 is 22.9 Å². The molecule has 2 nitrogen and oxygen atoms in total. The molecule has 2 rings (SSSR count). The third-order valence-electron chi connectivity index (χ3n) is 5.35. The average Bonchev–Trinajstić information content (AvgIpc) is 3.24. The molecule has 0 saturated heterocycles. The summed E-state index contributed by atoms with van der Waals surface area (Å²) in [5.74, 6) is 0.944. The number of esters is 1. The standard InChI is InChI=1S/C22H33ClO2S/c1-4-9-19-15-20(21(26-19)22(24)25-3)17(5-2)11-8-6-7-10-16-12-13-18(23)14-16/h7,10,15-18H,4-6,8-9,11-14H2,1-3H3/b10-7+/t16-,17?,18+/m0/s1. The molecule has 1 fully saturated rings. The third-order valence-corrected chi connectivity index (χ3v) is 6.94. The molecule has 1 saturated carbocycles. The molecule has 1 heterocycles. The van der Waals surface area contributed by atoms with E-state index in [-0.39, 0.29) is 5.97 Å². The van der Waals surface area contributed by atoms with Crippen molar-refractivity contribution in [2.24, 2.45) is 5.92 Å². The molecule has 0 aliphatic heterocycles. The highest BCUT2D eigenvalue weighted by Gasteiger charge is 2.22. The van der Waals surface area contributed by atoms with Crippen LogP contribution in [0.2, 0.25) is 0 Å². The Morgan fingerprint density at radius 1 is 1.42 bits per heavy atom. The number of rotatable bonds is 10. The summed E-state index contributed by atoms with van der Waals surface area (Å²) in [6.07, 6.45) is 14.8. The van der Waals surface area contributed by atoms with E-state index in [1.54, 1.807) is 11.3 Å². The Morgan fingerprint density at radius 2 is 2.23 bits per heavy atom. The molecule has 0 radical (unpaired) electrons. The first-order valence-corrected chi connectivity index (χ1v) is 11.4. The second kappa shape index (κ2) is 11.1. The van der Waals surface area contributed by atoms with Crippen molar-refractivity contribution in [2.45, 2.75) is 82.9 Å². The highest BCUT2D eigenvalue weighted by molar-refractivity contribution is 7.14. The van der Waals surface area contributed by atoms with Crippen LogP contribution in [0.15, 0.2) is 18.2 Å². The Labute approximate surface area is 168 Å². The molecule has 0 aromatic carbocycles. The quantitative estimate of drug-likeness (QED) is 0.182. The van der Waals surface area contributed by atoms with E-state index >= 15 is 0 Å². The number of methoxy groups -OCH3 is 1. The number of allylic oxidation sites excluding steroid dienone is 2. The number of alkyl halides is 1. The molecule has 1 aliphatic carbocycles. The number of carbonyl (C=O) groups is 1. The van der Waals surface area contributed by atoms with Crippen molar-refractivity contribution in [2.75, 3.05) is 7.11 Å². The minimum absolute atomic E-state index is 0.178. The number of unbranched alkanes of at least 4 members (excludes halogenated alkanes) is 1. The lowest BCUT2D eigenvalue weighted by molar-refractivity contribution is 0.0604. The average molecular weight is 397 g/mol. The third kappa shape index (κ3) is 6.13. The Bertz CT molecular complexity index is 593. The lowest BCUT2D eigenvalue weighted by atomic mass is 9.91. The van der Waals surface area contributed by atoms with Gasteiger partial charge in [0.05, 0.1) is 7.11 Å². The zero-order chi connectivity index (χ0) is 18.9. The van der Waals surface area contributed by atoms with Gasteiger partial charge in [-0.05, 0) is 74.8 Å². The Balaban J connectivity index is 1.92. The van der Waals surface area contributed by atoms with Crippen molar-refractivity contribution < 1.29 is 9.53 Å². The van der Waals surface area contributed by atoms with Crippen LogP contribution in [0.4, 0.5) is 0 Å². The maximum absolute atomic E-state index is 12.2. The fraction of sp³-hybridized carbons (Fsp3) is 0.682. The largest absolute Gasteiger partial charge is 0.465 e. The maximum atomic E-state index is 12.2.